The first-order valence-corrected chi connectivity index (χ1v) is 9.60. The fourth-order valence-corrected chi connectivity index (χ4v) is 3.39. The van der Waals surface area contributed by atoms with Gasteiger partial charge in [0, 0.05) is 23.6 Å². The standard InChI is InChI=1S/C22H26O8/c1-5-12(2)21(26)30-20-18-13(3)22(27)29-17(18)9-15(10-23)7-6-8-16(11-24)19(20)28-14(4)25/h5,8-9,11,17-20,23H,3,6-7,10H2,1-2,4H3/b12-5-,15-9-,16-8-/t17-,18+,19?,20+/m1/s1. The first-order valence-electron chi connectivity index (χ1n) is 9.60. The van der Waals surface area contributed by atoms with Crippen molar-refractivity contribution < 1.29 is 38.5 Å². The summed E-state index contributed by atoms with van der Waals surface area (Å²) >= 11 is 0. The Morgan fingerprint density at radius 2 is 2.03 bits per heavy atom. The molecular weight excluding hydrogens is 392 g/mol. The van der Waals surface area contributed by atoms with Gasteiger partial charge in [-0.2, -0.15) is 0 Å². The molecule has 0 aromatic heterocycles. The predicted octanol–water partition coefficient (Wildman–Crippen LogP) is 1.73. The third kappa shape index (κ3) is 5.13. The van der Waals surface area contributed by atoms with E-state index in [1.54, 1.807) is 32.1 Å². The van der Waals surface area contributed by atoms with Crippen LogP contribution in [0.1, 0.15) is 33.6 Å². The first-order chi connectivity index (χ1) is 14.2. The number of rotatable bonds is 5. The number of aliphatic hydroxyl groups is 1. The van der Waals surface area contributed by atoms with Crippen molar-refractivity contribution in [3.05, 3.63) is 47.1 Å². The van der Waals surface area contributed by atoms with Gasteiger partial charge in [-0.25, -0.2) is 9.59 Å². The van der Waals surface area contributed by atoms with Crippen LogP contribution >= 0.6 is 0 Å². The van der Waals surface area contributed by atoms with Crippen LogP contribution in [0.25, 0.3) is 0 Å². The fraction of sp³-hybridized carbons (Fsp3) is 0.455. The molecule has 2 aliphatic rings. The van der Waals surface area contributed by atoms with Crippen LogP contribution in [-0.2, 0) is 33.4 Å². The summed E-state index contributed by atoms with van der Waals surface area (Å²) in [6.45, 7) is 7.87. The minimum Gasteiger partial charge on any atom is -0.454 e. The number of carbonyl (C=O) groups excluding carboxylic acids is 4. The SMILES string of the molecule is C=C1C(=O)O[C@@H]2/C=C(\CO)CC/C=C(/C=O)C(OC(C)=O)[C@@H](OC(=O)/C(C)=C\C)[C@@H]12. The second kappa shape index (κ2) is 10.2. The van der Waals surface area contributed by atoms with Gasteiger partial charge in [-0.05, 0) is 38.3 Å². The van der Waals surface area contributed by atoms with E-state index in [1.807, 2.05) is 0 Å². The number of carbonyl (C=O) groups is 4. The van der Waals surface area contributed by atoms with Gasteiger partial charge in [0.05, 0.1) is 12.5 Å². The first kappa shape index (κ1) is 23.3. The van der Waals surface area contributed by atoms with Gasteiger partial charge in [-0.15, -0.1) is 0 Å². The average molecular weight is 418 g/mol. The zero-order valence-electron chi connectivity index (χ0n) is 17.3. The summed E-state index contributed by atoms with van der Waals surface area (Å²) in [6, 6.07) is 0. The van der Waals surface area contributed by atoms with Crippen LogP contribution in [0.15, 0.2) is 47.1 Å². The third-order valence-corrected chi connectivity index (χ3v) is 5.12. The van der Waals surface area contributed by atoms with Crippen molar-refractivity contribution in [2.24, 2.45) is 5.92 Å². The number of aldehydes is 1. The number of ether oxygens (including phenoxy) is 3. The van der Waals surface area contributed by atoms with Gasteiger partial charge < -0.3 is 19.3 Å². The number of esters is 3. The molecule has 0 amide bonds. The molecule has 1 unspecified atom stereocenters. The smallest absolute Gasteiger partial charge is 0.334 e. The molecule has 162 valence electrons. The highest BCUT2D eigenvalue weighted by Crippen LogP contribution is 2.37. The molecule has 0 bridgehead atoms. The van der Waals surface area contributed by atoms with Gasteiger partial charge >= 0.3 is 17.9 Å². The number of hydrogen-bond donors (Lipinski definition) is 1. The third-order valence-electron chi connectivity index (χ3n) is 5.12. The zero-order valence-corrected chi connectivity index (χ0v) is 17.3. The van der Waals surface area contributed by atoms with Gasteiger partial charge in [0.2, 0.25) is 0 Å². The maximum absolute atomic E-state index is 12.6. The Morgan fingerprint density at radius 1 is 1.33 bits per heavy atom. The van der Waals surface area contributed by atoms with E-state index in [0.29, 0.717) is 30.3 Å². The van der Waals surface area contributed by atoms with Crippen molar-refractivity contribution >= 4 is 24.2 Å². The molecule has 4 atom stereocenters. The lowest BCUT2D eigenvalue weighted by Crippen LogP contribution is -2.45. The van der Waals surface area contributed by atoms with Gasteiger partial charge in [0.25, 0.3) is 0 Å². The van der Waals surface area contributed by atoms with Crippen molar-refractivity contribution in [1.29, 1.82) is 0 Å². The molecular formula is C22H26O8. The summed E-state index contributed by atoms with van der Waals surface area (Å²) in [7, 11) is 0. The second-order valence-corrected chi connectivity index (χ2v) is 7.14. The van der Waals surface area contributed by atoms with Crippen molar-refractivity contribution in [2.75, 3.05) is 6.61 Å². The molecule has 0 spiro atoms. The Kier molecular flexibility index (Phi) is 7.88. The van der Waals surface area contributed by atoms with Crippen LogP contribution in [0.2, 0.25) is 0 Å². The van der Waals surface area contributed by atoms with E-state index in [9.17, 15) is 24.3 Å². The van der Waals surface area contributed by atoms with Crippen LogP contribution in [0, 0.1) is 5.92 Å². The summed E-state index contributed by atoms with van der Waals surface area (Å²) < 4.78 is 16.4. The minimum atomic E-state index is -1.25. The second-order valence-electron chi connectivity index (χ2n) is 7.14. The average Bonchev–Trinajstić information content (AvgIpc) is 2.99. The Bertz CT molecular complexity index is 832. The summed E-state index contributed by atoms with van der Waals surface area (Å²) in [5.41, 5.74) is 0.998. The normalized spacial score (nSPS) is 30.7. The molecule has 1 aliphatic heterocycles. The van der Waals surface area contributed by atoms with Crippen molar-refractivity contribution in [3.63, 3.8) is 0 Å². The lowest BCUT2D eigenvalue weighted by Gasteiger charge is -2.33. The molecule has 0 radical (unpaired) electrons. The minimum absolute atomic E-state index is 0.0208. The maximum atomic E-state index is 12.6. The number of aliphatic hydroxyl groups excluding tert-OH is 1. The van der Waals surface area contributed by atoms with Crippen LogP contribution in [0.3, 0.4) is 0 Å². The highest BCUT2D eigenvalue weighted by Gasteiger charge is 2.49. The summed E-state index contributed by atoms with van der Waals surface area (Å²) in [6.07, 6.45) is 2.59. The van der Waals surface area contributed by atoms with Gasteiger partial charge in [0.1, 0.15) is 12.4 Å². The largest absolute Gasteiger partial charge is 0.454 e. The monoisotopic (exact) mass is 418 g/mol. The van der Waals surface area contributed by atoms with E-state index in [2.05, 4.69) is 6.58 Å². The van der Waals surface area contributed by atoms with E-state index in [0.717, 1.165) is 0 Å². The Morgan fingerprint density at radius 3 is 2.60 bits per heavy atom. The highest BCUT2D eigenvalue weighted by molar-refractivity contribution is 5.92. The predicted molar refractivity (Wildman–Crippen MR) is 106 cm³/mol. The molecule has 1 heterocycles. The Balaban J connectivity index is 2.66. The molecule has 1 N–H and O–H groups in total. The summed E-state index contributed by atoms with van der Waals surface area (Å²) in [4.78, 5) is 48.5. The van der Waals surface area contributed by atoms with E-state index < -0.39 is 42.1 Å². The van der Waals surface area contributed by atoms with E-state index in [4.69, 9.17) is 14.2 Å². The molecule has 1 aliphatic carbocycles. The topological polar surface area (TPSA) is 116 Å². The lowest BCUT2D eigenvalue weighted by molar-refractivity contribution is -0.166. The van der Waals surface area contributed by atoms with Crippen molar-refractivity contribution in [1.82, 2.24) is 0 Å². The number of fused-ring (bicyclic) bond motifs is 1. The van der Waals surface area contributed by atoms with Crippen molar-refractivity contribution in [2.45, 2.75) is 51.9 Å². The molecule has 0 aromatic carbocycles. The molecule has 8 heteroatoms. The maximum Gasteiger partial charge on any atom is 0.334 e. The van der Waals surface area contributed by atoms with Crippen LogP contribution < -0.4 is 0 Å². The number of allylic oxidation sites excluding steroid dienone is 2. The van der Waals surface area contributed by atoms with E-state index in [-0.39, 0.29) is 17.8 Å². The quantitative estimate of drug-likeness (QED) is 0.236. The molecule has 1 fully saturated rings. The molecule has 2 rings (SSSR count). The summed E-state index contributed by atoms with van der Waals surface area (Å²) in [5, 5.41) is 9.65. The number of hydrogen-bond acceptors (Lipinski definition) is 8. The van der Waals surface area contributed by atoms with E-state index >= 15 is 0 Å². The summed E-state index contributed by atoms with van der Waals surface area (Å²) in [5.74, 6) is -3.00. The zero-order chi connectivity index (χ0) is 22.4. The van der Waals surface area contributed by atoms with Gasteiger partial charge in [-0.3, -0.25) is 9.59 Å². The molecule has 8 nitrogen and oxygen atoms in total. The highest BCUT2D eigenvalue weighted by atomic mass is 16.6. The fourth-order valence-electron chi connectivity index (χ4n) is 3.39. The van der Waals surface area contributed by atoms with Crippen LogP contribution in [0.4, 0.5) is 0 Å². The lowest BCUT2D eigenvalue weighted by atomic mass is 9.83. The molecule has 0 aromatic rings. The molecule has 1 saturated heterocycles. The van der Waals surface area contributed by atoms with Crippen LogP contribution in [0.5, 0.6) is 0 Å². The van der Waals surface area contributed by atoms with Gasteiger partial charge in [-0.1, -0.05) is 18.7 Å². The van der Waals surface area contributed by atoms with Crippen LogP contribution in [-0.4, -0.2) is 54.2 Å². The van der Waals surface area contributed by atoms with E-state index in [1.165, 1.54) is 6.92 Å². The molecule has 30 heavy (non-hydrogen) atoms. The Hall–Kier alpha value is -3.00. The molecule has 0 saturated carbocycles. The van der Waals surface area contributed by atoms with Crippen molar-refractivity contribution in [3.8, 4) is 0 Å². The van der Waals surface area contributed by atoms with Gasteiger partial charge in [0.15, 0.2) is 12.2 Å². The Labute approximate surface area is 174 Å².